The van der Waals surface area contributed by atoms with E-state index in [4.69, 9.17) is 15.0 Å². The lowest BCUT2D eigenvalue weighted by molar-refractivity contribution is 1.07. The van der Waals surface area contributed by atoms with Crippen LogP contribution in [0.2, 0.25) is 0 Å². The van der Waals surface area contributed by atoms with Crippen LogP contribution in [0.5, 0.6) is 0 Å². The quantitative estimate of drug-likeness (QED) is 0.162. The van der Waals surface area contributed by atoms with Gasteiger partial charge < -0.3 is 0 Å². The molecule has 0 atom stereocenters. The predicted molar refractivity (Wildman–Crippen MR) is 230 cm³/mol. The van der Waals surface area contributed by atoms with Gasteiger partial charge in [0.15, 0.2) is 17.5 Å². The summed E-state index contributed by atoms with van der Waals surface area (Å²) < 4.78 is 0. The second kappa shape index (κ2) is 13.6. The molecule has 0 aliphatic heterocycles. The van der Waals surface area contributed by atoms with E-state index in [1.807, 2.05) is 60.7 Å². The first-order valence-electron chi connectivity index (χ1n) is 18.7. The number of fused-ring (bicyclic) bond motifs is 6. The third-order valence-electron chi connectivity index (χ3n) is 10.6. The second-order valence-corrected chi connectivity index (χ2v) is 14.0. The van der Waals surface area contributed by atoms with Crippen LogP contribution in [0.25, 0.3) is 99.9 Å². The molecule has 258 valence electrons. The monoisotopic (exact) mass is 701 g/mol. The van der Waals surface area contributed by atoms with Crippen molar-refractivity contribution in [3.63, 3.8) is 0 Å². The molecule has 0 aliphatic carbocycles. The van der Waals surface area contributed by atoms with Gasteiger partial charge in [0, 0.05) is 16.7 Å². The first kappa shape index (κ1) is 32.4. The number of aryl methyl sites for hydroxylation is 1. The van der Waals surface area contributed by atoms with Crippen LogP contribution in [0.4, 0.5) is 0 Å². The van der Waals surface area contributed by atoms with Gasteiger partial charge in [0.05, 0.1) is 0 Å². The van der Waals surface area contributed by atoms with Gasteiger partial charge in [-0.25, -0.2) is 15.0 Å². The van der Waals surface area contributed by atoms with Crippen molar-refractivity contribution in [1.82, 2.24) is 15.0 Å². The zero-order chi connectivity index (χ0) is 36.7. The van der Waals surface area contributed by atoms with Gasteiger partial charge in [0.25, 0.3) is 0 Å². The minimum atomic E-state index is 0.634. The Labute approximate surface area is 320 Å². The summed E-state index contributed by atoms with van der Waals surface area (Å²) in [6, 6.07) is 68.8. The van der Waals surface area contributed by atoms with Gasteiger partial charge in [-0.3, -0.25) is 0 Å². The van der Waals surface area contributed by atoms with Gasteiger partial charge in [-0.05, 0) is 78.7 Å². The minimum Gasteiger partial charge on any atom is -0.208 e. The molecule has 10 rings (SSSR count). The van der Waals surface area contributed by atoms with E-state index in [1.165, 1.54) is 54.6 Å². The van der Waals surface area contributed by atoms with Gasteiger partial charge in [0.2, 0.25) is 0 Å². The third kappa shape index (κ3) is 5.83. The van der Waals surface area contributed by atoms with E-state index < -0.39 is 0 Å². The fraction of sp³-hybridized carbons (Fsp3) is 0.0192. The molecule has 0 aliphatic rings. The van der Waals surface area contributed by atoms with Crippen molar-refractivity contribution < 1.29 is 0 Å². The Morgan fingerprint density at radius 2 is 0.636 bits per heavy atom. The van der Waals surface area contributed by atoms with Crippen molar-refractivity contribution >= 4 is 32.3 Å². The molecule has 55 heavy (non-hydrogen) atoms. The van der Waals surface area contributed by atoms with E-state index in [9.17, 15) is 0 Å². The van der Waals surface area contributed by atoms with Crippen LogP contribution in [0, 0.1) is 6.92 Å². The minimum absolute atomic E-state index is 0.634. The van der Waals surface area contributed by atoms with E-state index >= 15 is 0 Å². The van der Waals surface area contributed by atoms with Crippen molar-refractivity contribution in [2.45, 2.75) is 6.92 Å². The second-order valence-electron chi connectivity index (χ2n) is 14.0. The van der Waals surface area contributed by atoms with Crippen molar-refractivity contribution in [3.8, 4) is 67.5 Å². The van der Waals surface area contributed by atoms with E-state index in [-0.39, 0.29) is 0 Å². The molecule has 0 amide bonds. The van der Waals surface area contributed by atoms with Crippen LogP contribution >= 0.6 is 0 Å². The maximum atomic E-state index is 5.11. The average Bonchev–Trinajstić information content (AvgIpc) is 3.27. The van der Waals surface area contributed by atoms with Crippen molar-refractivity contribution in [1.29, 1.82) is 0 Å². The zero-order valence-corrected chi connectivity index (χ0v) is 30.3. The fourth-order valence-corrected chi connectivity index (χ4v) is 8.00. The summed E-state index contributed by atoms with van der Waals surface area (Å²) in [6.45, 7) is 2.17. The number of nitrogens with zero attached hydrogens (tertiary/aromatic N) is 3. The summed E-state index contributed by atoms with van der Waals surface area (Å²) in [7, 11) is 0. The van der Waals surface area contributed by atoms with E-state index in [1.54, 1.807) is 0 Å². The maximum absolute atomic E-state index is 5.11. The Kier molecular flexibility index (Phi) is 8.04. The Morgan fingerprint density at radius 3 is 1.20 bits per heavy atom. The molecule has 3 nitrogen and oxygen atoms in total. The molecule has 1 aromatic heterocycles. The van der Waals surface area contributed by atoms with Crippen LogP contribution in [0.1, 0.15) is 5.56 Å². The number of benzene rings is 9. The number of aromatic nitrogens is 3. The summed E-state index contributed by atoms with van der Waals surface area (Å²) in [5.41, 5.74) is 11.0. The van der Waals surface area contributed by atoms with Crippen LogP contribution in [0.3, 0.4) is 0 Å². The summed E-state index contributed by atoms with van der Waals surface area (Å²) in [5.74, 6) is 1.92. The van der Waals surface area contributed by atoms with Gasteiger partial charge in [-0.1, -0.05) is 194 Å². The molecular weight excluding hydrogens is 667 g/mol. The predicted octanol–water partition coefficient (Wildman–Crippen LogP) is 13.6. The maximum Gasteiger partial charge on any atom is 0.164 e. The summed E-state index contributed by atoms with van der Waals surface area (Å²) in [6.07, 6.45) is 0. The highest BCUT2D eigenvalue weighted by molar-refractivity contribution is 6.26. The number of hydrogen-bond donors (Lipinski definition) is 0. The molecule has 0 N–H and O–H groups in total. The Hall–Kier alpha value is -7.23. The zero-order valence-electron chi connectivity index (χ0n) is 30.3. The normalized spacial score (nSPS) is 11.4. The van der Waals surface area contributed by atoms with E-state index in [0.29, 0.717) is 17.5 Å². The Bertz CT molecular complexity index is 2960. The molecule has 0 bridgehead atoms. The molecule has 0 saturated carbocycles. The SMILES string of the molecule is Cc1ccc2c3ccc(-c4ccccc4-c4ccccc4-c4ccccc4-c4nc(-c5ccccc5)nc(-c5ccccc5)n4)cc3c3ccccc3c2c1. The largest absolute Gasteiger partial charge is 0.208 e. The van der Waals surface area contributed by atoms with Crippen molar-refractivity contribution in [2.24, 2.45) is 0 Å². The molecule has 1 heterocycles. The molecule has 0 spiro atoms. The van der Waals surface area contributed by atoms with Crippen molar-refractivity contribution in [3.05, 3.63) is 200 Å². The fourth-order valence-electron chi connectivity index (χ4n) is 8.00. The first-order chi connectivity index (χ1) is 27.2. The molecule has 0 unspecified atom stereocenters. The van der Waals surface area contributed by atoms with E-state index in [2.05, 4.69) is 140 Å². The smallest absolute Gasteiger partial charge is 0.164 e. The standard InChI is InChI=1S/C52H35N3/c1-34-28-30-45-46-31-29-37(33-49(46)44-26-13-12-25-43(44)48(45)32-34)38-20-8-9-21-39(38)40-22-10-11-23-41(40)42-24-14-15-27-47(42)52-54-50(35-16-4-2-5-17-35)53-51(55-52)36-18-6-3-7-19-36/h2-33H,1H3. The van der Waals surface area contributed by atoms with Gasteiger partial charge in [-0.2, -0.15) is 0 Å². The lowest BCUT2D eigenvalue weighted by Gasteiger charge is -2.18. The van der Waals surface area contributed by atoms with Crippen LogP contribution in [-0.4, -0.2) is 15.0 Å². The topological polar surface area (TPSA) is 38.7 Å². The highest BCUT2D eigenvalue weighted by Gasteiger charge is 2.19. The van der Waals surface area contributed by atoms with Gasteiger partial charge >= 0.3 is 0 Å². The summed E-state index contributed by atoms with van der Waals surface area (Å²) in [5, 5.41) is 7.66. The van der Waals surface area contributed by atoms with Crippen LogP contribution in [-0.2, 0) is 0 Å². The highest BCUT2D eigenvalue weighted by Crippen LogP contribution is 2.43. The summed E-state index contributed by atoms with van der Waals surface area (Å²) in [4.78, 5) is 15.2. The van der Waals surface area contributed by atoms with Gasteiger partial charge in [-0.15, -0.1) is 0 Å². The molecule has 3 heteroatoms. The Morgan fingerprint density at radius 1 is 0.255 bits per heavy atom. The van der Waals surface area contributed by atoms with Gasteiger partial charge in [0.1, 0.15) is 0 Å². The highest BCUT2D eigenvalue weighted by atomic mass is 15.0. The summed E-state index contributed by atoms with van der Waals surface area (Å²) >= 11 is 0. The van der Waals surface area contributed by atoms with E-state index in [0.717, 1.165) is 33.4 Å². The molecule has 0 saturated heterocycles. The first-order valence-corrected chi connectivity index (χ1v) is 18.7. The van der Waals surface area contributed by atoms with Crippen molar-refractivity contribution in [2.75, 3.05) is 0 Å². The average molecular weight is 702 g/mol. The third-order valence-corrected chi connectivity index (χ3v) is 10.6. The molecule has 0 radical (unpaired) electrons. The Balaban J connectivity index is 1.15. The lowest BCUT2D eigenvalue weighted by atomic mass is 9.86. The lowest BCUT2D eigenvalue weighted by Crippen LogP contribution is -2.01. The molecular formula is C52H35N3. The molecule has 9 aromatic carbocycles. The van der Waals surface area contributed by atoms with Crippen LogP contribution in [0.15, 0.2) is 194 Å². The number of hydrogen-bond acceptors (Lipinski definition) is 3. The number of rotatable bonds is 6. The van der Waals surface area contributed by atoms with Crippen LogP contribution < -0.4 is 0 Å². The molecule has 10 aromatic rings. The molecule has 0 fully saturated rings.